The number of nitrogens with one attached hydrogen (secondary N) is 1. The van der Waals surface area contributed by atoms with Crippen molar-refractivity contribution in [3.05, 3.63) is 23.9 Å². The van der Waals surface area contributed by atoms with Gasteiger partial charge in [-0.1, -0.05) is 5.92 Å². The van der Waals surface area contributed by atoms with Crippen LogP contribution in [-0.2, 0) is 0 Å². The van der Waals surface area contributed by atoms with Crippen LogP contribution in [0.5, 0.6) is 5.88 Å². The maximum Gasteiger partial charge on any atom is 0.422 e. The second-order valence-corrected chi connectivity index (χ2v) is 3.18. The molecule has 1 N–H and O–H groups in total. The number of hydrogen-bond acceptors (Lipinski definition) is 3. The molecular weight excluding hydrogens is 249 g/mol. The minimum atomic E-state index is -4.43. The second-order valence-electron chi connectivity index (χ2n) is 3.18. The van der Waals surface area contributed by atoms with Crippen molar-refractivity contribution < 1.29 is 22.7 Å². The van der Waals surface area contributed by atoms with Gasteiger partial charge in [-0.05, 0) is 6.07 Å². The number of rotatable bonds is 4. The molecule has 18 heavy (non-hydrogen) atoms. The van der Waals surface area contributed by atoms with Gasteiger partial charge in [0.1, 0.15) is 0 Å². The number of hydrogen-bond donors (Lipinski definition) is 1. The lowest BCUT2D eigenvalue weighted by Gasteiger charge is -2.08. The van der Waals surface area contributed by atoms with Crippen molar-refractivity contribution in [3.8, 4) is 18.2 Å². The Kier molecular flexibility index (Phi) is 4.54. The summed E-state index contributed by atoms with van der Waals surface area (Å²) in [6.45, 7) is -1.37. The summed E-state index contributed by atoms with van der Waals surface area (Å²) in [7, 11) is 0. The van der Waals surface area contributed by atoms with Gasteiger partial charge in [0.05, 0.1) is 12.1 Å². The van der Waals surface area contributed by atoms with Crippen LogP contribution >= 0.6 is 0 Å². The third kappa shape index (κ3) is 4.74. The van der Waals surface area contributed by atoms with Gasteiger partial charge in [0.2, 0.25) is 5.88 Å². The van der Waals surface area contributed by atoms with E-state index in [1.165, 1.54) is 12.1 Å². The molecule has 0 bridgehead atoms. The summed E-state index contributed by atoms with van der Waals surface area (Å²) < 4.78 is 39.9. The summed E-state index contributed by atoms with van der Waals surface area (Å²) in [4.78, 5) is 14.9. The smallest absolute Gasteiger partial charge is 0.422 e. The summed E-state index contributed by atoms with van der Waals surface area (Å²) in [6.07, 6.45) is 1.64. The van der Waals surface area contributed by atoms with Crippen molar-refractivity contribution >= 4 is 5.91 Å². The van der Waals surface area contributed by atoms with E-state index in [1.807, 2.05) is 0 Å². The number of amides is 1. The fourth-order valence-electron chi connectivity index (χ4n) is 0.989. The van der Waals surface area contributed by atoms with Gasteiger partial charge in [-0.15, -0.1) is 6.42 Å². The van der Waals surface area contributed by atoms with Gasteiger partial charge in [0.25, 0.3) is 5.91 Å². The molecule has 0 spiro atoms. The van der Waals surface area contributed by atoms with Gasteiger partial charge in [0.15, 0.2) is 6.61 Å². The maximum absolute atomic E-state index is 11.9. The van der Waals surface area contributed by atoms with E-state index in [-0.39, 0.29) is 18.0 Å². The van der Waals surface area contributed by atoms with E-state index in [9.17, 15) is 18.0 Å². The van der Waals surface area contributed by atoms with Crippen LogP contribution in [0, 0.1) is 12.3 Å². The van der Waals surface area contributed by atoms with Crippen LogP contribution in [0.15, 0.2) is 18.3 Å². The number of terminal acetylenes is 1. The Labute approximate surface area is 101 Å². The van der Waals surface area contributed by atoms with E-state index in [4.69, 9.17) is 6.42 Å². The zero-order chi connectivity index (χ0) is 13.6. The van der Waals surface area contributed by atoms with Crippen LogP contribution in [-0.4, -0.2) is 30.2 Å². The van der Waals surface area contributed by atoms with Crippen LogP contribution in [0.4, 0.5) is 13.2 Å². The van der Waals surface area contributed by atoms with Gasteiger partial charge in [-0.2, -0.15) is 13.2 Å². The number of aromatic nitrogens is 1. The Morgan fingerprint density at radius 1 is 1.50 bits per heavy atom. The molecule has 1 rings (SSSR count). The Hall–Kier alpha value is -2.23. The summed E-state index contributed by atoms with van der Waals surface area (Å²) in [5.41, 5.74) is 0.185. The van der Waals surface area contributed by atoms with E-state index < -0.39 is 18.7 Å². The summed E-state index contributed by atoms with van der Waals surface area (Å²) >= 11 is 0. The SMILES string of the molecule is C#CCNC(=O)c1ccc(OCC(F)(F)F)nc1. The lowest BCUT2D eigenvalue weighted by molar-refractivity contribution is -0.154. The highest BCUT2D eigenvalue weighted by atomic mass is 19.4. The van der Waals surface area contributed by atoms with Gasteiger partial charge in [0, 0.05) is 12.3 Å². The molecule has 0 aromatic carbocycles. The Morgan fingerprint density at radius 2 is 2.22 bits per heavy atom. The Bertz CT molecular complexity index is 449. The molecule has 0 unspecified atom stereocenters. The molecule has 0 saturated carbocycles. The van der Waals surface area contributed by atoms with E-state index in [0.717, 1.165) is 6.20 Å². The molecule has 0 saturated heterocycles. The molecule has 0 aliphatic rings. The molecule has 0 aliphatic carbocycles. The molecule has 0 atom stereocenters. The van der Waals surface area contributed by atoms with E-state index >= 15 is 0 Å². The Morgan fingerprint density at radius 3 is 2.72 bits per heavy atom. The van der Waals surface area contributed by atoms with Crippen molar-refractivity contribution in [2.24, 2.45) is 0 Å². The molecular formula is C11H9F3N2O2. The molecule has 0 radical (unpaired) electrons. The maximum atomic E-state index is 11.9. The predicted octanol–water partition coefficient (Wildman–Crippen LogP) is 1.39. The highest BCUT2D eigenvalue weighted by Crippen LogP contribution is 2.16. The van der Waals surface area contributed by atoms with Crippen molar-refractivity contribution in [1.29, 1.82) is 0 Å². The molecule has 7 heteroatoms. The van der Waals surface area contributed by atoms with Gasteiger partial charge in [-0.25, -0.2) is 4.98 Å². The molecule has 96 valence electrons. The van der Waals surface area contributed by atoms with Gasteiger partial charge < -0.3 is 10.1 Å². The van der Waals surface area contributed by atoms with Crippen molar-refractivity contribution in [2.75, 3.05) is 13.2 Å². The van der Waals surface area contributed by atoms with Crippen molar-refractivity contribution in [2.45, 2.75) is 6.18 Å². The zero-order valence-electron chi connectivity index (χ0n) is 9.12. The molecule has 1 amide bonds. The monoisotopic (exact) mass is 258 g/mol. The second kappa shape index (κ2) is 5.91. The topological polar surface area (TPSA) is 51.2 Å². The number of nitrogens with zero attached hydrogens (tertiary/aromatic N) is 1. The number of carbonyl (C=O) groups excluding carboxylic acids is 1. The molecule has 1 heterocycles. The first kappa shape index (κ1) is 13.8. The van der Waals surface area contributed by atoms with Crippen LogP contribution in [0.2, 0.25) is 0 Å². The van der Waals surface area contributed by atoms with Crippen LogP contribution in [0.1, 0.15) is 10.4 Å². The first-order valence-electron chi connectivity index (χ1n) is 4.79. The number of pyridine rings is 1. The summed E-state index contributed by atoms with van der Waals surface area (Å²) in [5, 5.41) is 2.39. The number of alkyl halides is 3. The van der Waals surface area contributed by atoms with E-state index in [1.54, 1.807) is 0 Å². The Balaban J connectivity index is 2.58. The molecule has 4 nitrogen and oxygen atoms in total. The molecule has 0 fully saturated rings. The van der Waals surface area contributed by atoms with Crippen molar-refractivity contribution in [1.82, 2.24) is 10.3 Å². The lowest BCUT2D eigenvalue weighted by atomic mass is 10.2. The number of halogens is 3. The van der Waals surface area contributed by atoms with E-state index in [0.29, 0.717) is 0 Å². The zero-order valence-corrected chi connectivity index (χ0v) is 9.12. The predicted molar refractivity (Wildman–Crippen MR) is 57.0 cm³/mol. The average molecular weight is 258 g/mol. The van der Waals surface area contributed by atoms with Crippen LogP contribution in [0.3, 0.4) is 0 Å². The quantitative estimate of drug-likeness (QED) is 0.830. The lowest BCUT2D eigenvalue weighted by Crippen LogP contribution is -2.23. The highest BCUT2D eigenvalue weighted by Gasteiger charge is 2.28. The molecule has 1 aromatic heterocycles. The molecule has 1 aromatic rings. The fraction of sp³-hybridized carbons (Fsp3) is 0.273. The third-order valence-electron chi connectivity index (χ3n) is 1.73. The number of ether oxygens (including phenoxy) is 1. The summed E-state index contributed by atoms with van der Waals surface area (Å²) in [5.74, 6) is 1.55. The first-order chi connectivity index (χ1) is 8.42. The van der Waals surface area contributed by atoms with Gasteiger partial charge in [-0.3, -0.25) is 4.79 Å². The first-order valence-corrected chi connectivity index (χ1v) is 4.79. The van der Waals surface area contributed by atoms with E-state index in [2.05, 4.69) is 21.0 Å². The summed E-state index contributed by atoms with van der Waals surface area (Å²) in [6, 6.07) is 2.47. The van der Waals surface area contributed by atoms with Crippen LogP contribution < -0.4 is 10.1 Å². The minimum Gasteiger partial charge on any atom is -0.468 e. The average Bonchev–Trinajstić information content (AvgIpc) is 2.33. The standard InChI is InChI=1S/C11H9F3N2O2/c1-2-5-15-10(17)8-3-4-9(16-6-8)18-7-11(12,13)14/h1,3-4,6H,5,7H2,(H,15,17). The largest absolute Gasteiger partial charge is 0.468 e. The number of carbonyl (C=O) groups is 1. The highest BCUT2D eigenvalue weighted by molar-refractivity contribution is 5.94. The van der Waals surface area contributed by atoms with Crippen LogP contribution in [0.25, 0.3) is 0 Å². The third-order valence-corrected chi connectivity index (χ3v) is 1.73. The van der Waals surface area contributed by atoms with Gasteiger partial charge >= 0.3 is 6.18 Å². The molecule has 0 aliphatic heterocycles. The normalized spacial score (nSPS) is 10.6. The minimum absolute atomic E-state index is 0.0607. The van der Waals surface area contributed by atoms with Crippen molar-refractivity contribution in [3.63, 3.8) is 0 Å². The fourth-order valence-corrected chi connectivity index (χ4v) is 0.989.